The van der Waals surface area contributed by atoms with Crippen molar-refractivity contribution in [1.82, 2.24) is 9.80 Å². The highest BCUT2D eigenvalue weighted by molar-refractivity contribution is 8.76. The molecule has 2 fully saturated rings. The molecular weight excluding hydrogens is 629 g/mol. The summed E-state index contributed by atoms with van der Waals surface area (Å²) in [5.74, 6) is 2.41. The SMILES string of the molecule is C/C=C(\C=C/[NH2+]C)/C=C/c1ccc(N2CCN(CCSSCCN3CCN(c4ccc(/C=C/c5cc[n+](C)cc5)cc4)CC3)CC2)cc1. The number of rotatable bonds is 15. The van der Waals surface area contributed by atoms with Crippen LogP contribution in [0.4, 0.5) is 11.4 Å². The Morgan fingerprint density at radius 3 is 1.56 bits per heavy atom. The van der Waals surface area contributed by atoms with Crippen LogP contribution in [0.5, 0.6) is 0 Å². The van der Waals surface area contributed by atoms with Crippen LogP contribution in [0.15, 0.2) is 103 Å². The first-order chi connectivity index (χ1) is 23.6. The Bertz CT molecular complexity index is 1480. The molecule has 6 nitrogen and oxygen atoms in total. The van der Waals surface area contributed by atoms with E-state index in [0.717, 1.165) is 52.4 Å². The van der Waals surface area contributed by atoms with Crippen molar-refractivity contribution in [2.75, 3.05) is 93.8 Å². The van der Waals surface area contributed by atoms with Crippen molar-refractivity contribution in [2.45, 2.75) is 6.92 Å². The number of nitrogens with two attached hydrogens (primary N) is 1. The summed E-state index contributed by atoms with van der Waals surface area (Å²) in [5, 5.41) is 2.06. The van der Waals surface area contributed by atoms with Crippen molar-refractivity contribution in [3.8, 4) is 0 Å². The molecule has 0 amide bonds. The third-order valence-corrected chi connectivity index (χ3v) is 11.4. The molecule has 5 rings (SSSR count). The van der Waals surface area contributed by atoms with Crippen LogP contribution in [0.3, 0.4) is 0 Å². The van der Waals surface area contributed by atoms with Crippen LogP contribution in [0, 0.1) is 0 Å². The van der Waals surface area contributed by atoms with E-state index in [4.69, 9.17) is 0 Å². The average Bonchev–Trinajstić information content (AvgIpc) is 3.14. The Balaban J connectivity index is 0.909. The molecule has 3 heterocycles. The van der Waals surface area contributed by atoms with Gasteiger partial charge in [-0.1, -0.05) is 76.2 Å². The van der Waals surface area contributed by atoms with Gasteiger partial charge in [0.2, 0.25) is 0 Å². The zero-order valence-corrected chi connectivity index (χ0v) is 30.7. The van der Waals surface area contributed by atoms with Crippen molar-refractivity contribution in [1.29, 1.82) is 0 Å². The van der Waals surface area contributed by atoms with Crippen molar-refractivity contribution in [2.24, 2.45) is 7.05 Å². The molecule has 254 valence electrons. The van der Waals surface area contributed by atoms with Gasteiger partial charge in [-0.15, -0.1) is 0 Å². The van der Waals surface area contributed by atoms with Gasteiger partial charge in [-0.05, 0) is 59.5 Å². The number of benzene rings is 2. The summed E-state index contributed by atoms with van der Waals surface area (Å²) in [6.07, 6.45) is 19.3. The van der Waals surface area contributed by atoms with Gasteiger partial charge >= 0.3 is 0 Å². The van der Waals surface area contributed by atoms with Crippen LogP contribution in [-0.4, -0.2) is 93.8 Å². The molecule has 2 aliphatic heterocycles. The summed E-state index contributed by atoms with van der Waals surface area (Å²) in [7, 11) is 8.19. The quantitative estimate of drug-likeness (QED) is 0.0964. The zero-order valence-electron chi connectivity index (χ0n) is 29.1. The highest BCUT2D eigenvalue weighted by Crippen LogP contribution is 2.24. The molecular formula is C40H54N6S2+2. The van der Waals surface area contributed by atoms with Crippen LogP contribution >= 0.6 is 21.6 Å². The van der Waals surface area contributed by atoms with E-state index in [1.807, 2.05) is 35.7 Å². The smallest absolute Gasteiger partial charge is 0.169 e. The van der Waals surface area contributed by atoms with Gasteiger partial charge in [0.25, 0.3) is 0 Å². The first kappa shape index (κ1) is 36.0. The first-order valence-corrected chi connectivity index (χ1v) is 19.9. The molecule has 2 saturated heterocycles. The Kier molecular flexibility index (Phi) is 14.8. The fourth-order valence-electron chi connectivity index (χ4n) is 5.97. The predicted molar refractivity (Wildman–Crippen MR) is 211 cm³/mol. The number of quaternary nitrogens is 1. The van der Waals surface area contributed by atoms with Gasteiger partial charge in [0.15, 0.2) is 12.4 Å². The van der Waals surface area contributed by atoms with Crippen LogP contribution < -0.4 is 19.7 Å². The molecule has 0 saturated carbocycles. The largest absolute Gasteiger partial charge is 0.369 e. The van der Waals surface area contributed by atoms with Crippen LogP contribution in [0.25, 0.3) is 18.2 Å². The van der Waals surface area contributed by atoms with Crippen molar-refractivity contribution >= 4 is 51.2 Å². The summed E-state index contributed by atoms with van der Waals surface area (Å²) in [6.45, 7) is 13.5. The lowest BCUT2D eigenvalue weighted by Gasteiger charge is -2.36. The summed E-state index contributed by atoms with van der Waals surface area (Å²) >= 11 is 0. The molecule has 2 aliphatic rings. The highest BCUT2D eigenvalue weighted by Gasteiger charge is 2.18. The van der Waals surface area contributed by atoms with Crippen LogP contribution in [-0.2, 0) is 7.05 Å². The summed E-state index contributed by atoms with van der Waals surface area (Å²) in [6, 6.07) is 22.3. The monoisotopic (exact) mass is 682 g/mol. The Morgan fingerprint density at radius 1 is 0.646 bits per heavy atom. The molecule has 0 spiro atoms. The van der Waals surface area contributed by atoms with Gasteiger partial charge in [0, 0.05) is 100 Å². The van der Waals surface area contributed by atoms with Gasteiger partial charge in [-0.3, -0.25) is 9.80 Å². The van der Waals surface area contributed by atoms with Gasteiger partial charge < -0.3 is 15.1 Å². The Labute approximate surface area is 297 Å². The molecule has 0 unspecified atom stereocenters. The molecule has 48 heavy (non-hydrogen) atoms. The third kappa shape index (κ3) is 11.7. The molecule has 0 atom stereocenters. The van der Waals surface area contributed by atoms with Gasteiger partial charge in [-0.25, -0.2) is 4.57 Å². The number of pyridine rings is 1. The maximum atomic E-state index is 2.63. The number of anilines is 2. The molecule has 2 N–H and O–H groups in total. The topological polar surface area (TPSA) is 33.5 Å². The van der Waals surface area contributed by atoms with Crippen molar-refractivity contribution < 1.29 is 9.88 Å². The number of allylic oxidation sites excluding steroid dienone is 4. The number of piperazine rings is 2. The number of hydrogen-bond acceptors (Lipinski definition) is 6. The van der Waals surface area contributed by atoms with Crippen LogP contribution in [0.2, 0.25) is 0 Å². The van der Waals surface area contributed by atoms with E-state index >= 15 is 0 Å². The fourth-order valence-corrected chi connectivity index (χ4v) is 8.02. The molecule has 3 aromatic rings. The van der Waals surface area contributed by atoms with E-state index in [9.17, 15) is 0 Å². The maximum absolute atomic E-state index is 2.63. The van der Waals surface area contributed by atoms with Crippen molar-refractivity contribution in [3.05, 3.63) is 120 Å². The molecule has 2 aromatic carbocycles. The van der Waals surface area contributed by atoms with E-state index in [1.165, 1.54) is 58.2 Å². The maximum Gasteiger partial charge on any atom is 0.169 e. The summed E-state index contributed by atoms with van der Waals surface area (Å²) < 4.78 is 2.06. The lowest BCUT2D eigenvalue weighted by molar-refractivity contribution is -0.671. The minimum Gasteiger partial charge on any atom is -0.369 e. The van der Waals surface area contributed by atoms with E-state index in [1.54, 1.807) is 0 Å². The fraction of sp³-hybridized carbons (Fsp3) is 0.375. The second-order valence-corrected chi connectivity index (χ2v) is 15.1. The standard InChI is InChI=1S/C40H53N6S2/c1-4-35(17-20-41-2)5-6-36-9-13-39(14-10-36)45-27-23-43(24-28-45)31-33-47-48-34-32-44-25-29-46(30-26-44)40-15-11-37(12-16-40)7-8-38-18-21-42(3)22-19-38/h4-22,41H,23-34H2,1-3H3/q+1/p+1/b6-5+,20-17-,35-4-. The van der Waals surface area contributed by atoms with Gasteiger partial charge in [-0.2, -0.15) is 0 Å². The number of nitrogens with zero attached hydrogens (tertiary/aromatic N) is 5. The highest BCUT2D eigenvalue weighted by atomic mass is 33.1. The number of aromatic nitrogens is 1. The minimum atomic E-state index is 1.11. The molecule has 0 radical (unpaired) electrons. The molecule has 0 bridgehead atoms. The summed E-state index contributed by atoms with van der Waals surface area (Å²) in [5.41, 5.74) is 7.60. The number of hydrogen-bond donors (Lipinski definition) is 1. The van der Waals surface area contributed by atoms with E-state index in [2.05, 4.69) is 152 Å². The lowest BCUT2D eigenvalue weighted by Crippen LogP contribution is -2.72. The molecule has 0 aliphatic carbocycles. The van der Waals surface area contributed by atoms with Crippen LogP contribution in [0.1, 0.15) is 23.6 Å². The van der Waals surface area contributed by atoms with E-state index in [-0.39, 0.29) is 0 Å². The zero-order chi connectivity index (χ0) is 33.4. The number of aryl methyl sites for hydroxylation is 1. The second-order valence-electron chi connectivity index (χ2n) is 12.4. The lowest BCUT2D eigenvalue weighted by atomic mass is 10.1. The summed E-state index contributed by atoms with van der Waals surface area (Å²) in [4.78, 5) is 10.3. The molecule has 1 aromatic heterocycles. The molecule has 8 heteroatoms. The first-order valence-electron chi connectivity index (χ1n) is 17.4. The predicted octanol–water partition coefficient (Wildman–Crippen LogP) is 5.67. The normalized spacial score (nSPS) is 17.0. The minimum absolute atomic E-state index is 1.11. The van der Waals surface area contributed by atoms with Crippen molar-refractivity contribution in [3.63, 3.8) is 0 Å². The Morgan fingerprint density at radius 2 is 1.10 bits per heavy atom. The van der Waals surface area contributed by atoms with Gasteiger partial charge in [0.1, 0.15) is 7.05 Å². The average molecular weight is 683 g/mol. The Hall–Kier alpha value is -3.27. The van der Waals surface area contributed by atoms with E-state index in [0.29, 0.717) is 0 Å². The van der Waals surface area contributed by atoms with E-state index < -0.39 is 0 Å². The second kappa shape index (κ2) is 19.7. The van der Waals surface area contributed by atoms with Gasteiger partial charge in [0.05, 0.1) is 13.2 Å². The third-order valence-electron chi connectivity index (χ3n) is 9.08.